The first-order chi connectivity index (χ1) is 10.3. The van der Waals surface area contributed by atoms with Gasteiger partial charge in [-0.25, -0.2) is 19.3 Å². The van der Waals surface area contributed by atoms with Crippen LogP contribution in [0.3, 0.4) is 0 Å². The molecule has 1 aliphatic heterocycles. The van der Waals surface area contributed by atoms with Gasteiger partial charge in [-0.05, 0) is 6.08 Å². The summed E-state index contributed by atoms with van der Waals surface area (Å²) in [6.45, 7) is -0.131. The van der Waals surface area contributed by atoms with Crippen LogP contribution in [0.25, 0.3) is 16.9 Å². The van der Waals surface area contributed by atoms with E-state index in [0.717, 1.165) is 4.57 Å². The zero-order valence-electron chi connectivity index (χ0n) is 11.6. The molecule has 1 aliphatic rings. The monoisotopic (exact) mass is 326 g/mol. The van der Waals surface area contributed by atoms with Crippen molar-refractivity contribution in [2.24, 2.45) is 14.1 Å². The second-order valence-corrected chi connectivity index (χ2v) is 5.94. The minimum Gasteiger partial charge on any atom is -0.402 e. The van der Waals surface area contributed by atoms with Crippen LogP contribution < -0.4 is 11.2 Å². The molecule has 116 valence electrons. The fourth-order valence-electron chi connectivity index (χ4n) is 2.00. The lowest BCUT2D eigenvalue weighted by molar-refractivity contribution is 0.198. The molecule has 1 atom stereocenters. The highest BCUT2D eigenvalue weighted by molar-refractivity contribution is 7.47. The van der Waals surface area contributed by atoms with Crippen molar-refractivity contribution < 1.29 is 18.5 Å². The maximum Gasteiger partial charge on any atom is 0.527 e. The molecule has 0 saturated heterocycles. The standard InChI is InChI=1S/C11H11N4O6P/c1-14-9-8(10(16)15(2)11(14)17)13-6(5-12-9)7-3-4-20-22(18,19)21-7/h3,5H,4H2,1-2H3,(H,18,19). The third-order valence-corrected chi connectivity index (χ3v) is 4.03. The van der Waals surface area contributed by atoms with Crippen LogP contribution in [0.4, 0.5) is 0 Å². The highest BCUT2D eigenvalue weighted by Crippen LogP contribution is 2.49. The summed E-state index contributed by atoms with van der Waals surface area (Å²) in [4.78, 5) is 41.4. The van der Waals surface area contributed by atoms with E-state index in [0.29, 0.717) is 0 Å². The van der Waals surface area contributed by atoms with Crippen molar-refractivity contribution in [2.45, 2.75) is 0 Å². The van der Waals surface area contributed by atoms with Crippen LogP contribution in [0.1, 0.15) is 5.69 Å². The van der Waals surface area contributed by atoms with Crippen molar-refractivity contribution in [3.63, 3.8) is 0 Å². The third kappa shape index (κ3) is 2.27. The smallest absolute Gasteiger partial charge is 0.402 e. The molecule has 0 spiro atoms. The second kappa shape index (κ2) is 4.87. The Bertz CT molecular complexity index is 975. The highest BCUT2D eigenvalue weighted by Gasteiger charge is 2.29. The molecule has 3 rings (SSSR count). The van der Waals surface area contributed by atoms with Crippen LogP contribution in [0, 0.1) is 0 Å². The predicted octanol–water partition coefficient (Wildman–Crippen LogP) is -0.485. The molecule has 0 radical (unpaired) electrons. The van der Waals surface area contributed by atoms with Crippen LogP contribution in [0.15, 0.2) is 21.9 Å². The number of fused-ring (bicyclic) bond motifs is 1. The Labute approximate surface area is 122 Å². The normalized spacial score (nSPS) is 21.5. The minimum atomic E-state index is -4.18. The number of aryl methyl sites for hydroxylation is 1. The van der Waals surface area contributed by atoms with Crippen molar-refractivity contribution in [1.29, 1.82) is 0 Å². The van der Waals surface area contributed by atoms with Gasteiger partial charge in [-0.3, -0.25) is 23.3 Å². The van der Waals surface area contributed by atoms with E-state index in [-0.39, 0.29) is 29.2 Å². The molecular weight excluding hydrogens is 315 g/mol. The van der Waals surface area contributed by atoms with Gasteiger partial charge < -0.3 is 4.52 Å². The van der Waals surface area contributed by atoms with Gasteiger partial charge in [-0.1, -0.05) is 0 Å². The van der Waals surface area contributed by atoms with Gasteiger partial charge in [0, 0.05) is 14.1 Å². The average Bonchev–Trinajstić information content (AvgIpc) is 2.49. The number of rotatable bonds is 1. The Kier molecular flexibility index (Phi) is 3.24. The lowest BCUT2D eigenvalue weighted by atomic mass is 10.3. The zero-order valence-corrected chi connectivity index (χ0v) is 12.5. The number of aromatic nitrogens is 4. The molecule has 10 nitrogen and oxygen atoms in total. The first-order valence-corrected chi connectivity index (χ1v) is 7.60. The average molecular weight is 326 g/mol. The fraction of sp³-hybridized carbons (Fsp3) is 0.273. The topological polar surface area (TPSA) is 126 Å². The summed E-state index contributed by atoms with van der Waals surface area (Å²) >= 11 is 0. The molecule has 2 aromatic rings. The molecular formula is C11H11N4O6P. The van der Waals surface area contributed by atoms with Crippen LogP contribution in [-0.2, 0) is 27.7 Å². The largest absolute Gasteiger partial charge is 0.527 e. The van der Waals surface area contributed by atoms with Crippen LogP contribution in [0.2, 0.25) is 0 Å². The molecule has 11 heteroatoms. The van der Waals surface area contributed by atoms with Crippen molar-refractivity contribution in [3.8, 4) is 0 Å². The highest BCUT2D eigenvalue weighted by atomic mass is 31.2. The molecule has 0 aromatic carbocycles. The molecule has 3 heterocycles. The van der Waals surface area contributed by atoms with E-state index in [1.807, 2.05) is 0 Å². The number of phosphoric acid groups is 1. The first kappa shape index (κ1) is 14.6. The SMILES string of the molecule is Cn1c(=O)c2nc(C3=CCOP(=O)(O)O3)cnc2n(C)c1=O. The number of nitrogens with zero attached hydrogens (tertiary/aromatic N) is 4. The summed E-state index contributed by atoms with van der Waals surface area (Å²) in [6, 6.07) is 0. The summed E-state index contributed by atoms with van der Waals surface area (Å²) in [6.07, 6.45) is 2.65. The minimum absolute atomic E-state index is 0.0117. The Balaban J connectivity index is 2.24. The summed E-state index contributed by atoms with van der Waals surface area (Å²) < 4.78 is 22.8. The number of phosphoric ester groups is 1. The lowest BCUT2D eigenvalue weighted by Crippen LogP contribution is -2.37. The van der Waals surface area contributed by atoms with Gasteiger partial charge in [0.1, 0.15) is 5.69 Å². The molecule has 0 fully saturated rings. The number of hydrogen-bond acceptors (Lipinski definition) is 7. The molecule has 2 aromatic heterocycles. The lowest BCUT2D eigenvalue weighted by Gasteiger charge is -2.18. The quantitative estimate of drug-likeness (QED) is 0.696. The Morgan fingerprint density at radius 3 is 2.73 bits per heavy atom. The van der Waals surface area contributed by atoms with Crippen molar-refractivity contribution >= 4 is 24.7 Å². The summed E-state index contributed by atoms with van der Waals surface area (Å²) in [5.74, 6) is -0.0117. The van der Waals surface area contributed by atoms with Crippen LogP contribution in [-0.4, -0.2) is 30.6 Å². The van der Waals surface area contributed by atoms with Crippen LogP contribution in [0.5, 0.6) is 0 Å². The van der Waals surface area contributed by atoms with Gasteiger partial charge in [0.25, 0.3) is 5.56 Å². The van der Waals surface area contributed by atoms with E-state index in [1.165, 1.54) is 30.9 Å². The maximum atomic E-state index is 12.1. The Hall–Kier alpha value is -2.29. The van der Waals surface area contributed by atoms with Gasteiger partial charge in [0.2, 0.25) is 0 Å². The summed E-state index contributed by atoms with van der Waals surface area (Å²) in [7, 11) is -1.40. The van der Waals surface area contributed by atoms with Gasteiger partial charge >= 0.3 is 13.5 Å². The maximum absolute atomic E-state index is 12.1. The van der Waals surface area contributed by atoms with Gasteiger partial charge in [-0.2, -0.15) is 0 Å². The second-order valence-electron chi connectivity index (χ2n) is 4.56. The van der Waals surface area contributed by atoms with E-state index in [1.54, 1.807) is 0 Å². The fourth-order valence-corrected chi connectivity index (χ4v) is 2.73. The number of hydrogen-bond donors (Lipinski definition) is 1. The van der Waals surface area contributed by atoms with Crippen molar-refractivity contribution in [2.75, 3.05) is 6.61 Å². The first-order valence-electron chi connectivity index (χ1n) is 6.10. The van der Waals surface area contributed by atoms with Crippen molar-refractivity contribution in [1.82, 2.24) is 19.1 Å². The molecule has 22 heavy (non-hydrogen) atoms. The molecule has 0 amide bonds. The molecule has 0 saturated carbocycles. The van der Waals surface area contributed by atoms with Crippen molar-refractivity contribution in [3.05, 3.63) is 38.8 Å². The third-order valence-electron chi connectivity index (χ3n) is 3.12. The zero-order chi connectivity index (χ0) is 16.1. The van der Waals surface area contributed by atoms with E-state index in [9.17, 15) is 19.0 Å². The van der Waals surface area contributed by atoms with Gasteiger partial charge in [0.15, 0.2) is 16.9 Å². The summed E-state index contributed by atoms with van der Waals surface area (Å²) in [5.41, 5.74) is -0.989. The molecule has 0 bridgehead atoms. The van der Waals surface area contributed by atoms with E-state index in [4.69, 9.17) is 4.52 Å². The van der Waals surface area contributed by atoms with Gasteiger partial charge in [-0.15, -0.1) is 0 Å². The van der Waals surface area contributed by atoms with Crippen LogP contribution >= 0.6 is 7.82 Å². The molecule has 0 aliphatic carbocycles. The van der Waals surface area contributed by atoms with E-state index < -0.39 is 19.1 Å². The van der Waals surface area contributed by atoms with E-state index in [2.05, 4.69) is 14.5 Å². The summed E-state index contributed by atoms with van der Waals surface area (Å²) in [5, 5.41) is 0. The molecule has 1 unspecified atom stereocenters. The predicted molar refractivity (Wildman–Crippen MR) is 74.9 cm³/mol. The van der Waals surface area contributed by atoms with Gasteiger partial charge in [0.05, 0.1) is 12.8 Å². The molecule has 1 N–H and O–H groups in total. The Morgan fingerprint density at radius 2 is 2.05 bits per heavy atom. The Morgan fingerprint density at radius 1 is 1.32 bits per heavy atom. The van der Waals surface area contributed by atoms with E-state index >= 15 is 0 Å².